The molecule has 1 atom stereocenters. The molecular formula is C12H16O3. The fraction of sp³-hybridized carbons (Fsp3) is 0.417. The molecule has 0 bridgehead atoms. The zero-order chi connectivity index (χ0) is 11.4. The molecule has 1 aromatic rings. The summed E-state index contributed by atoms with van der Waals surface area (Å²) in [7, 11) is 3.00. The van der Waals surface area contributed by atoms with E-state index in [0.717, 1.165) is 16.9 Å². The average molecular weight is 208 g/mol. The summed E-state index contributed by atoms with van der Waals surface area (Å²) < 4.78 is 10.00. The number of carbonyl (C=O) groups excluding carboxylic acids is 1. The van der Waals surface area contributed by atoms with Crippen molar-refractivity contribution in [2.75, 3.05) is 14.2 Å². The summed E-state index contributed by atoms with van der Waals surface area (Å²) in [4.78, 5) is 11.4. The van der Waals surface area contributed by atoms with Crippen molar-refractivity contribution in [3.63, 3.8) is 0 Å². The first-order valence-electron chi connectivity index (χ1n) is 4.83. The number of rotatable bonds is 3. The van der Waals surface area contributed by atoms with Gasteiger partial charge in [-0.25, -0.2) is 0 Å². The van der Waals surface area contributed by atoms with Crippen LogP contribution in [0.25, 0.3) is 0 Å². The van der Waals surface area contributed by atoms with Crippen LogP contribution in [0, 0.1) is 6.92 Å². The van der Waals surface area contributed by atoms with Crippen LogP contribution in [0.1, 0.15) is 24.0 Å². The lowest BCUT2D eigenvalue weighted by Crippen LogP contribution is -2.12. The number of esters is 1. The molecule has 0 saturated heterocycles. The third-order valence-electron chi connectivity index (χ3n) is 2.47. The standard InChI is InChI=1S/C12H16O3/c1-8-6-5-7-10(11(8)14-3)9(2)12(13)15-4/h5-7,9H,1-4H3. The number of aryl methyl sites for hydroxylation is 1. The molecule has 0 aromatic heterocycles. The SMILES string of the molecule is COC(=O)C(C)c1cccc(C)c1OC. The van der Waals surface area contributed by atoms with E-state index in [4.69, 9.17) is 9.47 Å². The molecule has 0 heterocycles. The summed E-state index contributed by atoms with van der Waals surface area (Å²) in [5.41, 5.74) is 1.88. The van der Waals surface area contributed by atoms with Gasteiger partial charge in [0.25, 0.3) is 0 Å². The predicted molar refractivity (Wildman–Crippen MR) is 58.2 cm³/mol. The number of ether oxygens (including phenoxy) is 2. The van der Waals surface area contributed by atoms with Crippen LogP contribution in [0.5, 0.6) is 5.75 Å². The number of hydrogen-bond acceptors (Lipinski definition) is 3. The maximum absolute atomic E-state index is 11.4. The molecular weight excluding hydrogens is 192 g/mol. The van der Waals surface area contributed by atoms with Gasteiger partial charge in [-0.1, -0.05) is 18.2 Å². The van der Waals surface area contributed by atoms with E-state index < -0.39 is 0 Å². The number of methoxy groups -OCH3 is 2. The molecule has 0 aliphatic carbocycles. The maximum atomic E-state index is 11.4. The Morgan fingerprint density at radius 3 is 2.53 bits per heavy atom. The van der Waals surface area contributed by atoms with Crippen LogP contribution in [0.4, 0.5) is 0 Å². The lowest BCUT2D eigenvalue weighted by Gasteiger charge is -2.15. The van der Waals surface area contributed by atoms with Gasteiger partial charge in [0.2, 0.25) is 0 Å². The summed E-state index contributed by atoms with van der Waals surface area (Å²) in [6.45, 7) is 3.76. The monoisotopic (exact) mass is 208 g/mol. The van der Waals surface area contributed by atoms with Crippen molar-refractivity contribution < 1.29 is 14.3 Å². The molecule has 3 heteroatoms. The predicted octanol–water partition coefficient (Wildman–Crippen LogP) is 2.28. The highest BCUT2D eigenvalue weighted by atomic mass is 16.5. The van der Waals surface area contributed by atoms with Gasteiger partial charge in [0.15, 0.2) is 0 Å². The fourth-order valence-electron chi connectivity index (χ4n) is 1.60. The van der Waals surface area contributed by atoms with Gasteiger partial charge in [-0.3, -0.25) is 4.79 Å². The molecule has 0 fully saturated rings. The van der Waals surface area contributed by atoms with Gasteiger partial charge in [0, 0.05) is 5.56 Å². The van der Waals surface area contributed by atoms with Crippen molar-refractivity contribution in [3.05, 3.63) is 29.3 Å². The van der Waals surface area contributed by atoms with E-state index in [-0.39, 0.29) is 11.9 Å². The molecule has 82 valence electrons. The molecule has 0 radical (unpaired) electrons. The third kappa shape index (κ3) is 2.29. The second-order valence-corrected chi connectivity index (χ2v) is 3.44. The molecule has 0 amide bonds. The van der Waals surface area contributed by atoms with Crippen LogP contribution in [-0.2, 0) is 9.53 Å². The number of carbonyl (C=O) groups is 1. The van der Waals surface area contributed by atoms with Crippen LogP contribution in [-0.4, -0.2) is 20.2 Å². The van der Waals surface area contributed by atoms with Crippen LogP contribution in [0.3, 0.4) is 0 Å². The van der Waals surface area contributed by atoms with Crippen molar-refractivity contribution in [2.24, 2.45) is 0 Å². The molecule has 1 unspecified atom stereocenters. The van der Waals surface area contributed by atoms with Gasteiger partial charge in [-0.05, 0) is 19.4 Å². The van der Waals surface area contributed by atoms with Crippen molar-refractivity contribution in [1.29, 1.82) is 0 Å². The second kappa shape index (κ2) is 4.82. The Balaban J connectivity index is 3.13. The number of benzene rings is 1. The van der Waals surface area contributed by atoms with E-state index >= 15 is 0 Å². The molecule has 0 spiro atoms. The van der Waals surface area contributed by atoms with Crippen molar-refractivity contribution in [3.8, 4) is 5.75 Å². The Hall–Kier alpha value is -1.51. The van der Waals surface area contributed by atoms with Gasteiger partial charge < -0.3 is 9.47 Å². The summed E-state index contributed by atoms with van der Waals surface area (Å²) in [6, 6.07) is 5.74. The Labute approximate surface area is 90.0 Å². The minimum absolute atomic E-state index is 0.251. The molecule has 1 rings (SSSR count). The van der Waals surface area contributed by atoms with E-state index in [1.165, 1.54) is 7.11 Å². The summed E-state index contributed by atoms with van der Waals surface area (Å²) in [5, 5.41) is 0. The number of para-hydroxylation sites is 1. The maximum Gasteiger partial charge on any atom is 0.312 e. The molecule has 0 N–H and O–H groups in total. The lowest BCUT2D eigenvalue weighted by atomic mass is 9.98. The highest BCUT2D eigenvalue weighted by Crippen LogP contribution is 2.30. The zero-order valence-electron chi connectivity index (χ0n) is 9.53. The Morgan fingerprint density at radius 1 is 1.33 bits per heavy atom. The first-order chi connectivity index (χ1) is 7.11. The molecule has 15 heavy (non-hydrogen) atoms. The van der Waals surface area contributed by atoms with Crippen molar-refractivity contribution in [1.82, 2.24) is 0 Å². The first kappa shape index (κ1) is 11.6. The topological polar surface area (TPSA) is 35.5 Å². The van der Waals surface area contributed by atoms with E-state index in [1.54, 1.807) is 7.11 Å². The van der Waals surface area contributed by atoms with E-state index in [9.17, 15) is 4.79 Å². The quantitative estimate of drug-likeness (QED) is 0.715. The van der Waals surface area contributed by atoms with Gasteiger partial charge in [0.1, 0.15) is 5.75 Å². The van der Waals surface area contributed by atoms with E-state index in [0.29, 0.717) is 0 Å². The highest BCUT2D eigenvalue weighted by molar-refractivity contribution is 5.78. The van der Waals surface area contributed by atoms with Gasteiger partial charge in [-0.2, -0.15) is 0 Å². The molecule has 0 aliphatic heterocycles. The Bertz CT molecular complexity index is 358. The minimum atomic E-state index is -0.301. The summed E-state index contributed by atoms with van der Waals surface area (Å²) >= 11 is 0. The minimum Gasteiger partial charge on any atom is -0.496 e. The van der Waals surface area contributed by atoms with Crippen LogP contribution in [0.2, 0.25) is 0 Å². The first-order valence-corrected chi connectivity index (χ1v) is 4.83. The third-order valence-corrected chi connectivity index (χ3v) is 2.47. The summed E-state index contributed by atoms with van der Waals surface area (Å²) in [5.74, 6) is 0.208. The normalized spacial score (nSPS) is 12.0. The molecule has 0 aliphatic rings. The highest BCUT2D eigenvalue weighted by Gasteiger charge is 2.20. The van der Waals surface area contributed by atoms with Crippen LogP contribution in [0.15, 0.2) is 18.2 Å². The summed E-state index contributed by atoms with van der Waals surface area (Å²) in [6.07, 6.45) is 0. The van der Waals surface area contributed by atoms with Crippen LogP contribution < -0.4 is 4.74 Å². The van der Waals surface area contributed by atoms with Gasteiger partial charge in [-0.15, -0.1) is 0 Å². The smallest absolute Gasteiger partial charge is 0.312 e. The van der Waals surface area contributed by atoms with Crippen LogP contribution >= 0.6 is 0 Å². The van der Waals surface area contributed by atoms with Gasteiger partial charge in [0.05, 0.1) is 20.1 Å². The van der Waals surface area contributed by atoms with Crippen molar-refractivity contribution in [2.45, 2.75) is 19.8 Å². The Morgan fingerprint density at radius 2 is 2.00 bits per heavy atom. The lowest BCUT2D eigenvalue weighted by molar-refractivity contribution is -0.142. The average Bonchev–Trinajstić information content (AvgIpc) is 2.26. The fourth-order valence-corrected chi connectivity index (χ4v) is 1.60. The van der Waals surface area contributed by atoms with E-state index in [1.807, 2.05) is 32.0 Å². The second-order valence-electron chi connectivity index (χ2n) is 3.44. The number of hydrogen-bond donors (Lipinski definition) is 0. The molecule has 0 saturated carbocycles. The molecule has 3 nitrogen and oxygen atoms in total. The van der Waals surface area contributed by atoms with E-state index in [2.05, 4.69) is 0 Å². The largest absolute Gasteiger partial charge is 0.496 e. The van der Waals surface area contributed by atoms with Crippen molar-refractivity contribution >= 4 is 5.97 Å². The molecule has 1 aromatic carbocycles. The zero-order valence-corrected chi connectivity index (χ0v) is 9.53. The van der Waals surface area contributed by atoms with Gasteiger partial charge >= 0.3 is 5.97 Å². The Kier molecular flexibility index (Phi) is 3.72.